The van der Waals surface area contributed by atoms with Crippen molar-refractivity contribution in [2.75, 3.05) is 27.9 Å². The van der Waals surface area contributed by atoms with Crippen LogP contribution in [-0.2, 0) is 9.59 Å². The van der Waals surface area contributed by atoms with Crippen molar-refractivity contribution >= 4 is 29.1 Å². The van der Waals surface area contributed by atoms with Crippen molar-refractivity contribution in [3.63, 3.8) is 0 Å². The van der Waals surface area contributed by atoms with Gasteiger partial charge in [0, 0.05) is 12.6 Å². The molecule has 1 fully saturated rings. The third-order valence-electron chi connectivity index (χ3n) is 5.14. The third kappa shape index (κ3) is 4.05. The Balaban J connectivity index is 2.28. The van der Waals surface area contributed by atoms with Gasteiger partial charge in [-0.2, -0.15) is 0 Å². The number of carbonyl (C=O) groups excluding carboxylic acids is 2. The molecule has 2 aromatic carbocycles. The summed E-state index contributed by atoms with van der Waals surface area (Å²) in [6.45, 7) is 2.26. The first-order chi connectivity index (χ1) is 14.9. The number of amides is 1. The van der Waals surface area contributed by atoms with Gasteiger partial charge in [-0.3, -0.25) is 9.59 Å². The van der Waals surface area contributed by atoms with Crippen molar-refractivity contribution in [3.8, 4) is 17.2 Å². The minimum absolute atomic E-state index is 0.0330. The van der Waals surface area contributed by atoms with Crippen molar-refractivity contribution in [2.24, 2.45) is 0 Å². The highest BCUT2D eigenvalue weighted by Crippen LogP contribution is 2.43. The van der Waals surface area contributed by atoms with E-state index in [0.29, 0.717) is 30.0 Å². The predicted octanol–water partition coefficient (Wildman–Crippen LogP) is 4.20. The maximum atomic E-state index is 13.0. The van der Waals surface area contributed by atoms with Crippen molar-refractivity contribution in [1.82, 2.24) is 4.90 Å². The number of nitrogens with zero attached hydrogens (tertiary/aromatic N) is 1. The van der Waals surface area contributed by atoms with E-state index in [0.717, 1.165) is 0 Å². The Morgan fingerprint density at radius 1 is 1.06 bits per heavy atom. The molecule has 0 aliphatic carbocycles. The van der Waals surface area contributed by atoms with E-state index in [2.05, 4.69) is 0 Å². The summed E-state index contributed by atoms with van der Waals surface area (Å²) in [7, 11) is 4.39. The van der Waals surface area contributed by atoms with Crippen LogP contribution in [-0.4, -0.2) is 49.6 Å². The van der Waals surface area contributed by atoms with Gasteiger partial charge in [-0.1, -0.05) is 30.7 Å². The topological polar surface area (TPSA) is 85.3 Å². The highest BCUT2D eigenvalue weighted by molar-refractivity contribution is 6.46. The first kappa shape index (κ1) is 22.5. The van der Waals surface area contributed by atoms with Crippen molar-refractivity contribution < 1.29 is 28.9 Å². The SMILES string of the molecule is CCCN1C(=O)C(=O)/C(=C(/O)c2cc(OC)c(Cl)cc2OC)C1c1cccc(OC)c1. The Morgan fingerprint density at radius 3 is 2.39 bits per heavy atom. The number of hydrogen-bond acceptors (Lipinski definition) is 6. The van der Waals surface area contributed by atoms with Crippen LogP contribution in [0.15, 0.2) is 42.0 Å². The van der Waals surface area contributed by atoms with Crippen molar-refractivity contribution in [2.45, 2.75) is 19.4 Å². The first-order valence-corrected chi connectivity index (χ1v) is 10.1. The molecular formula is C23H24ClNO6. The van der Waals surface area contributed by atoms with Crippen LogP contribution in [0, 0.1) is 0 Å². The van der Waals surface area contributed by atoms with Crippen LogP contribution < -0.4 is 14.2 Å². The molecule has 7 nitrogen and oxygen atoms in total. The molecular weight excluding hydrogens is 422 g/mol. The van der Waals surface area contributed by atoms with Gasteiger partial charge in [-0.15, -0.1) is 0 Å². The molecule has 1 N–H and O–H groups in total. The zero-order valence-corrected chi connectivity index (χ0v) is 18.5. The van der Waals surface area contributed by atoms with Gasteiger partial charge in [-0.05, 0) is 30.2 Å². The Morgan fingerprint density at radius 2 is 1.77 bits per heavy atom. The normalized spacial score (nSPS) is 17.7. The molecule has 1 unspecified atom stereocenters. The van der Waals surface area contributed by atoms with Crippen LogP contribution in [0.1, 0.15) is 30.5 Å². The Kier molecular flexibility index (Phi) is 6.75. The lowest BCUT2D eigenvalue weighted by Crippen LogP contribution is -2.30. The summed E-state index contributed by atoms with van der Waals surface area (Å²) in [6.07, 6.45) is 0.644. The van der Waals surface area contributed by atoms with E-state index >= 15 is 0 Å². The Hall–Kier alpha value is -3.19. The Bertz CT molecular complexity index is 1050. The van der Waals surface area contributed by atoms with Crippen LogP contribution in [0.25, 0.3) is 5.76 Å². The lowest BCUT2D eigenvalue weighted by atomic mass is 9.94. The number of likely N-dealkylation sites (tertiary alicyclic amines) is 1. The summed E-state index contributed by atoms with van der Waals surface area (Å²) < 4.78 is 15.9. The lowest BCUT2D eigenvalue weighted by molar-refractivity contribution is -0.139. The molecule has 1 aliphatic heterocycles. The lowest BCUT2D eigenvalue weighted by Gasteiger charge is -2.25. The molecule has 0 spiro atoms. The summed E-state index contributed by atoms with van der Waals surface area (Å²) in [6, 6.07) is 9.25. The van der Waals surface area contributed by atoms with Crippen molar-refractivity contribution in [1.29, 1.82) is 0 Å². The van der Waals surface area contributed by atoms with E-state index in [1.165, 1.54) is 38.4 Å². The summed E-state index contributed by atoms with van der Waals surface area (Å²) in [5, 5.41) is 11.5. The van der Waals surface area contributed by atoms with Gasteiger partial charge in [0.2, 0.25) is 0 Å². The van der Waals surface area contributed by atoms with Crippen LogP contribution in [0.4, 0.5) is 0 Å². The third-order valence-corrected chi connectivity index (χ3v) is 5.44. The molecule has 0 bridgehead atoms. The zero-order chi connectivity index (χ0) is 22.7. The van der Waals surface area contributed by atoms with E-state index in [-0.39, 0.29) is 27.7 Å². The molecule has 31 heavy (non-hydrogen) atoms. The van der Waals surface area contributed by atoms with Crippen LogP contribution in [0.2, 0.25) is 5.02 Å². The molecule has 1 aliphatic rings. The van der Waals surface area contributed by atoms with Gasteiger partial charge < -0.3 is 24.2 Å². The van der Waals surface area contributed by atoms with Crippen LogP contribution >= 0.6 is 11.6 Å². The van der Waals surface area contributed by atoms with Crippen LogP contribution in [0.3, 0.4) is 0 Å². The monoisotopic (exact) mass is 445 g/mol. The minimum atomic E-state index is -0.776. The Labute approximate surface area is 185 Å². The number of Topliss-reactive ketones (excluding diaryl/α,β-unsaturated/α-hetero) is 1. The van der Waals surface area contributed by atoms with Gasteiger partial charge in [-0.25, -0.2) is 0 Å². The highest BCUT2D eigenvalue weighted by Gasteiger charge is 2.46. The van der Waals surface area contributed by atoms with Gasteiger partial charge in [0.25, 0.3) is 11.7 Å². The number of ether oxygens (including phenoxy) is 3. The second-order valence-electron chi connectivity index (χ2n) is 6.96. The van der Waals surface area contributed by atoms with Gasteiger partial charge in [0.1, 0.15) is 23.0 Å². The smallest absolute Gasteiger partial charge is 0.295 e. The average Bonchev–Trinajstić information content (AvgIpc) is 3.03. The minimum Gasteiger partial charge on any atom is -0.507 e. The predicted molar refractivity (Wildman–Crippen MR) is 117 cm³/mol. The molecule has 1 amide bonds. The van der Waals surface area contributed by atoms with E-state index in [9.17, 15) is 14.7 Å². The second-order valence-corrected chi connectivity index (χ2v) is 7.36. The second kappa shape index (κ2) is 9.31. The fraction of sp³-hybridized carbons (Fsp3) is 0.304. The van der Waals surface area contributed by atoms with Crippen LogP contribution in [0.5, 0.6) is 17.2 Å². The molecule has 3 rings (SSSR count). The standard InChI is InChI=1S/C23H24ClNO6/c1-5-9-25-20(13-7-6-8-14(10-13)29-2)19(22(27)23(25)28)21(26)15-11-18(31-4)16(24)12-17(15)30-3/h6-8,10-12,20,26H,5,9H2,1-4H3/b21-19+. The van der Waals surface area contributed by atoms with E-state index in [1.807, 2.05) is 6.92 Å². The molecule has 1 atom stereocenters. The molecule has 1 saturated heterocycles. The number of aliphatic hydroxyl groups is 1. The van der Waals surface area contributed by atoms with Gasteiger partial charge in [0.05, 0.1) is 43.5 Å². The maximum absolute atomic E-state index is 13.0. The number of aliphatic hydroxyl groups excluding tert-OH is 1. The van der Waals surface area contributed by atoms with Gasteiger partial charge >= 0.3 is 0 Å². The summed E-state index contributed by atoms with van der Waals surface area (Å²) in [5.41, 5.74) is 0.814. The molecule has 2 aromatic rings. The maximum Gasteiger partial charge on any atom is 0.295 e. The summed E-state index contributed by atoms with van der Waals surface area (Å²) in [4.78, 5) is 27.3. The molecule has 0 aromatic heterocycles. The number of carbonyl (C=O) groups is 2. The summed E-state index contributed by atoms with van der Waals surface area (Å²) >= 11 is 6.17. The highest BCUT2D eigenvalue weighted by atomic mass is 35.5. The molecule has 164 valence electrons. The summed E-state index contributed by atoms with van der Waals surface area (Å²) in [5.74, 6) is -0.688. The number of benzene rings is 2. The fourth-order valence-electron chi connectivity index (χ4n) is 3.70. The molecule has 1 heterocycles. The average molecular weight is 446 g/mol. The van der Waals surface area contributed by atoms with E-state index < -0.39 is 17.7 Å². The zero-order valence-electron chi connectivity index (χ0n) is 17.8. The number of rotatable bonds is 7. The largest absolute Gasteiger partial charge is 0.507 e. The number of halogens is 1. The van der Waals surface area contributed by atoms with Crippen molar-refractivity contribution in [3.05, 3.63) is 58.1 Å². The first-order valence-electron chi connectivity index (χ1n) is 9.72. The van der Waals surface area contributed by atoms with E-state index in [1.54, 1.807) is 24.3 Å². The molecule has 0 radical (unpaired) electrons. The number of methoxy groups -OCH3 is 3. The van der Waals surface area contributed by atoms with Gasteiger partial charge in [0.15, 0.2) is 0 Å². The quantitative estimate of drug-likeness (QED) is 0.390. The van der Waals surface area contributed by atoms with E-state index in [4.69, 9.17) is 25.8 Å². The number of ketones is 1. The molecule has 0 saturated carbocycles. The number of hydrogen-bond donors (Lipinski definition) is 1. The molecule has 8 heteroatoms. The fourth-order valence-corrected chi connectivity index (χ4v) is 3.93.